The van der Waals surface area contributed by atoms with Gasteiger partial charge in [0.15, 0.2) is 0 Å². The van der Waals surface area contributed by atoms with Crippen molar-refractivity contribution in [3.8, 4) is 5.75 Å². The molecule has 0 bridgehead atoms. The first-order valence-corrected chi connectivity index (χ1v) is 8.61. The standard InChI is InChI=1S/C18H26N2O/c1-2-8-18-16(7-1)17(9-13-21-18)20-12-5-11-19-10-4-3-6-15(19)14-20/h1-2,7-8,15,17H,3-6,9-14H2. The van der Waals surface area contributed by atoms with Gasteiger partial charge in [0, 0.05) is 37.2 Å². The highest BCUT2D eigenvalue weighted by molar-refractivity contribution is 5.37. The van der Waals surface area contributed by atoms with Crippen LogP contribution < -0.4 is 4.74 Å². The van der Waals surface area contributed by atoms with E-state index in [1.54, 1.807) is 0 Å². The van der Waals surface area contributed by atoms with E-state index in [9.17, 15) is 0 Å². The van der Waals surface area contributed by atoms with E-state index in [1.165, 1.54) is 57.4 Å². The highest BCUT2D eigenvalue weighted by Crippen LogP contribution is 2.37. The normalized spacial score (nSPS) is 30.9. The van der Waals surface area contributed by atoms with Crippen LogP contribution in [-0.2, 0) is 0 Å². The van der Waals surface area contributed by atoms with Gasteiger partial charge in [-0.1, -0.05) is 24.6 Å². The van der Waals surface area contributed by atoms with Crippen LogP contribution >= 0.6 is 0 Å². The largest absolute Gasteiger partial charge is 0.493 e. The van der Waals surface area contributed by atoms with Crippen molar-refractivity contribution < 1.29 is 4.74 Å². The smallest absolute Gasteiger partial charge is 0.124 e. The summed E-state index contributed by atoms with van der Waals surface area (Å²) < 4.78 is 5.85. The predicted octanol–water partition coefficient (Wildman–Crippen LogP) is 3.07. The van der Waals surface area contributed by atoms with Crippen LogP contribution in [0.25, 0.3) is 0 Å². The van der Waals surface area contributed by atoms with Crippen molar-refractivity contribution in [1.29, 1.82) is 0 Å². The van der Waals surface area contributed by atoms with Crippen LogP contribution in [0.15, 0.2) is 24.3 Å². The van der Waals surface area contributed by atoms with Crippen LogP contribution in [0.2, 0.25) is 0 Å². The SMILES string of the molecule is c1ccc2c(c1)OCCC2N1CCCN2CCCCC2C1. The molecule has 3 nitrogen and oxygen atoms in total. The van der Waals surface area contributed by atoms with E-state index in [0.29, 0.717) is 6.04 Å². The molecular formula is C18H26N2O. The third kappa shape index (κ3) is 2.69. The molecule has 3 heteroatoms. The van der Waals surface area contributed by atoms with Crippen LogP contribution in [0.1, 0.15) is 43.7 Å². The summed E-state index contributed by atoms with van der Waals surface area (Å²) in [7, 11) is 0. The molecule has 0 N–H and O–H groups in total. The highest BCUT2D eigenvalue weighted by Gasteiger charge is 2.32. The number of rotatable bonds is 1. The van der Waals surface area contributed by atoms with Crippen molar-refractivity contribution >= 4 is 0 Å². The maximum Gasteiger partial charge on any atom is 0.124 e. The summed E-state index contributed by atoms with van der Waals surface area (Å²) in [5.41, 5.74) is 1.41. The fourth-order valence-electron chi connectivity index (χ4n) is 4.39. The number of para-hydroxylation sites is 1. The Labute approximate surface area is 127 Å². The fourth-order valence-corrected chi connectivity index (χ4v) is 4.39. The number of hydrogen-bond acceptors (Lipinski definition) is 3. The molecule has 2 saturated heterocycles. The Kier molecular flexibility index (Phi) is 3.87. The lowest BCUT2D eigenvalue weighted by atomic mass is 9.97. The Morgan fingerprint density at radius 2 is 1.76 bits per heavy atom. The van der Waals surface area contributed by atoms with Gasteiger partial charge in [-0.05, 0) is 38.4 Å². The second-order valence-corrected chi connectivity index (χ2v) is 6.72. The minimum Gasteiger partial charge on any atom is -0.493 e. The molecule has 1 aromatic carbocycles. The van der Waals surface area contributed by atoms with E-state index in [0.717, 1.165) is 24.8 Å². The highest BCUT2D eigenvalue weighted by atomic mass is 16.5. The van der Waals surface area contributed by atoms with E-state index < -0.39 is 0 Å². The van der Waals surface area contributed by atoms with Gasteiger partial charge in [0.25, 0.3) is 0 Å². The van der Waals surface area contributed by atoms with E-state index in [4.69, 9.17) is 4.74 Å². The van der Waals surface area contributed by atoms with Gasteiger partial charge in [0.05, 0.1) is 6.61 Å². The van der Waals surface area contributed by atoms with Crippen molar-refractivity contribution in [2.45, 2.75) is 44.2 Å². The molecule has 0 aliphatic carbocycles. The Morgan fingerprint density at radius 3 is 2.76 bits per heavy atom. The van der Waals surface area contributed by atoms with Gasteiger partial charge in [-0.25, -0.2) is 0 Å². The van der Waals surface area contributed by atoms with Gasteiger partial charge in [-0.2, -0.15) is 0 Å². The third-order valence-corrected chi connectivity index (χ3v) is 5.45. The quantitative estimate of drug-likeness (QED) is 0.789. The number of hydrogen-bond donors (Lipinski definition) is 0. The van der Waals surface area contributed by atoms with Crippen LogP contribution in [-0.4, -0.2) is 48.6 Å². The first kappa shape index (κ1) is 13.6. The number of fused-ring (bicyclic) bond motifs is 2. The molecule has 2 atom stereocenters. The second-order valence-electron chi connectivity index (χ2n) is 6.72. The van der Waals surface area contributed by atoms with E-state index in [1.807, 2.05) is 0 Å². The van der Waals surface area contributed by atoms with Gasteiger partial charge < -0.3 is 4.74 Å². The number of piperidine rings is 1. The van der Waals surface area contributed by atoms with Gasteiger partial charge in [0.2, 0.25) is 0 Å². The molecule has 2 unspecified atom stereocenters. The summed E-state index contributed by atoms with van der Waals surface area (Å²) >= 11 is 0. The monoisotopic (exact) mass is 286 g/mol. The Bertz CT molecular complexity index is 490. The number of ether oxygens (including phenoxy) is 1. The summed E-state index contributed by atoms with van der Waals surface area (Å²) in [6.45, 7) is 5.98. The minimum absolute atomic E-state index is 0.567. The average Bonchev–Trinajstić information content (AvgIpc) is 2.76. The Hall–Kier alpha value is -1.06. The summed E-state index contributed by atoms with van der Waals surface area (Å²) in [5, 5.41) is 0. The molecule has 0 saturated carbocycles. The minimum atomic E-state index is 0.567. The zero-order valence-electron chi connectivity index (χ0n) is 12.8. The molecule has 0 radical (unpaired) electrons. The maximum absolute atomic E-state index is 5.85. The summed E-state index contributed by atoms with van der Waals surface area (Å²) in [4.78, 5) is 5.49. The number of nitrogens with zero attached hydrogens (tertiary/aromatic N) is 2. The zero-order chi connectivity index (χ0) is 14.1. The molecule has 1 aromatic rings. The Balaban J connectivity index is 1.56. The topological polar surface area (TPSA) is 15.7 Å². The second kappa shape index (κ2) is 5.98. The summed E-state index contributed by atoms with van der Waals surface area (Å²) in [6, 6.07) is 10.0. The molecule has 4 rings (SSSR count). The van der Waals surface area contributed by atoms with Crippen LogP contribution in [0.4, 0.5) is 0 Å². The molecule has 3 aliphatic rings. The van der Waals surface area contributed by atoms with E-state index >= 15 is 0 Å². The molecule has 0 spiro atoms. The first-order valence-electron chi connectivity index (χ1n) is 8.61. The maximum atomic E-state index is 5.85. The molecule has 3 aliphatic heterocycles. The van der Waals surface area contributed by atoms with Crippen molar-refractivity contribution in [2.75, 3.05) is 32.8 Å². The predicted molar refractivity (Wildman–Crippen MR) is 84.7 cm³/mol. The molecule has 2 fully saturated rings. The van der Waals surface area contributed by atoms with Crippen molar-refractivity contribution in [3.63, 3.8) is 0 Å². The van der Waals surface area contributed by atoms with Crippen LogP contribution in [0.3, 0.4) is 0 Å². The van der Waals surface area contributed by atoms with Gasteiger partial charge in [0.1, 0.15) is 5.75 Å². The lowest BCUT2D eigenvalue weighted by Gasteiger charge is -2.39. The Morgan fingerprint density at radius 1 is 0.905 bits per heavy atom. The lowest BCUT2D eigenvalue weighted by Crippen LogP contribution is -2.45. The first-order chi connectivity index (χ1) is 10.4. The van der Waals surface area contributed by atoms with Crippen molar-refractivity contribution in [3.05, 3.63) is 29.8 Å². The van der Waals surface area contributed by atoms with E-state index in [2.05, 4.69) is 34.1 Å². The molecule has 0 aromatic heterocycles. The molecular weight excluding hydrogens is 260 g/mol. The van der Waals surface area contributed by atoms with E-state index in [-0.39, 0.29) is 0 Å². The van der Waals surface area contributed by atoms with Crippen LogP contribution in [0.5, 0.6) is 5.75 Å². The zero-order valence-corrected chi connectivity index (χ0v) is 12.8. The van der Waals surface area contributed by atoms with Crippen molar-refractivity contribution in [1.82, 2.24) is 9.80 Å². The third-order valence-electron chi connectivity index (χ3n) is 5.45. The average molecular weight is 286 g/mol. The molecule has 21 heavy (non-hydrogen) atoms. The molecule has 114 valence electrons. The summed E-state index contributed by atoms with van der Waals surface area (Å²) in [5.74, 6) is 1.11. The molecule has 3 heterocycles. The summed E-state index contributed by atoms with van der Waals surface area (Å²) in [6.07, 6.45) is 6.66. The van der Waals surface area contributed by atoms with Gasteiger partial charge in [-0.15, -0.1) is 0 Å². The van der Waals surface area contributed by atoms with Crippen LogP contribution in [0, 0.1) is 0 Å². The van der Waals surface area contributed by atoms with Gasteiger partial charge in [-0.3, -0.25) is 9.80 Å². The lowest BCUT2D eigenvalue weighted by molar-refractivity contribution is 0.101. The molecule has 0 amide bonds. The van der Waals surface area contributed by atoms with Gasteiger partial charge >= 0.3 is 0 Å². The fraction of sp³-hybridized carbons (Fsp3) is 0.667. The van der Waals surface area contributed by atoms with Crippen molar-refractivity contribution in [2.24, 2.45) is 0 Å². The number of benzene rings is 1.